The van der Waals surface area contributed by atoms with Gasteiger partial charge in [-0.25, -0.2) is 9.59 Å². The van der Waals surface area contributed by atoms with Gasteiger partial charge in [-0.2, -0.15) is 0 Å². The van der Waals surface area contributed by atoms with E-state index in [0.717, 1.165) is 0 Å². The van der Waals surface area contributed by atoms with Gasteiger partial charge in [-0.05, 0) is 12.1 Å². The van der Waals surface area contributed by atoms with Crippen LogP contribution in [-0.4, -0.2) is 34.1 Å². The zero-order valence-corrected chi connectivity index (χ0v) is 10.2. The number of hydrogen-bond acceptors (Lipinski definition) is 5. The van der Waals surface area contributed by atoms with E-state index in [-0.39, 0.29) is 11.1 Å². The summed E-state index contributed by atoms with van der Waals surface area (Å²) in [6.45, 7) is 2.36. The van der Waals surface area contributed by atoms with Gasteiger partial charge in [0, 0.05) is 13.8 Å². The van der Waals surface area contributed by atoms with E-state index >= 15 is 0 Å². The molecule has 0 aromatic heterocycles. The lowest BCUT2D eigenvalue weighted by Gasteiger charge is -1.98. The van der Waals surface area contributed by atoms with Gasteiger partial charge in [0.05, 0.1) is 11.1 Å². The molecule has 0 heterocycles. The second kappa shape index (κ2) is 7.59. The van der Waals surface area contributed by atoms with Crippen molar-refractivity contribution >= 4 is 23.9 Å². The maximum atomic E-state index is 10.5. The second-order valence-corrected chi connectivity index (χ2v) is 3.24. The first kappa shape index (κ1) is 16.3. The van der Waals surface area contributed by atoms with Gasteiger partial charge in [-0.15, -0.1) is 0 Å². The number of rotatable bonds is 2. The molecule has 102 valence electrons. The largest absolute Gasteiger partial charge is 0.478 e. The summed E-state index contributed by atoms with van der Waals surface area (Å²) >= 11 is 0. The Morgan fingerprint density at radius 1 is 0.842 bits per heavy atom. The SMILES string of the molecule is CC(=O)OC(C)=O.O=C(O)c1ccccc1C(=O)O. The molecule has 0 atom stereocenters. The summed E-state index contributed by atoms with van der Waals surface area (Å²) in [6, 6.07) is 5.48. The zero-order valence-electron chi connectivity index (χ0n) is 10.2. The van der Waals surface area contributed by atoms with Crippen molar-refractivity contribution in [3.63, 3.8) is 0 Å². The number of carbonyl (C=O) groups is 4. The summed E-state index contributed by atoms with van der Waals surface area (Å²) in [5.41, 5.74) is -0.380. The van der Waals surface area contributed by atoms with Crippen molar-refractivity contribution in [1.29, 1.82) is 0 Å². The van der Waals surface area contributed by atoms with E-state index in [1.807, 2.05) is 0 Å². The molecule has 0 unspecified atom stereocenters. The van der Waals surface area contributed by atoms with Gasteiger partial charge in [0.25, 0.3) is 0 Å². The fourth-order valence-electron chi connectivity index (χ4n) is 1.06. The van der Waals surface area contributed by atoms with Gasteiger partial charge in [0.2, 0.25) is 0 Å². The summed E-state index contributed by atoms with van der Waals surface area (Å²) in [5, 5.41) is 17.1. The standard InChI is InChI=1S/C8H6O4.C4H6O3/c9-7(10)5-3-1-2-4-6(5)8(11)12;1-3(5)7-4(2)6/h1-4H,(H,9,10)(H,11,12);1-2H3. The molecule has 0 saturated heterocycles. The Bertz CT molecular complexity index is 460. The lowest BCUT2D eigenvalue weighted by molar-refractivity contribution is -0.156. The molecule has 7 heteroatoms. The number of ether oxygens (including phenoxy) is 1. The summed E-state index contributed by atoms with van der Waals surface area (Å²) in [5.74, 6) is -3.58. The van der Waals surface area contributed by atoms with Crippen LogP contribution in [-0.2, 0) is 14.3 Å². The number of carboxylic acid groups (broad SMARTS) is 2. The molecule has 7 nitrogen and oxygen atoms in total. The minimum atomic E-state index is -1.23. The molecule has 19 heavy (non-hydrogen) atoms. The van der Waals surface area contributed by atoms with Crippen molar-refractivity contribution in [2.45, 2.75) is 13.8 Å². The first-order chi connectivity index (χ1) is 8.75. The normalized spacial score (nSPS) is 8.74. The molecule has 0 bridgehead atoms. The van der Waals surface area contributed by atoms with Gasteiger partial charge < -0.3 is 14.9 Å². The van der Waals surface area contributed by atoms with E-state index in [0.29, 0.717) is 0 Å². The molecule has 0 amide bonds. The highest BCUT2D eigenvalue weighted by molar-refractivity contribution is 6.01. The molecule has 0 spiro atoms. The van der Waals surface area contributed by atoms with Gasteiger partial charge >= 0.3 is 23.9 Å². The van der Waals surface area contributed by atoms with Crippen molar-refractivity contribution in [2.75, 3.05) is 0 Å². The smallest absolute Gasteiger partial charge is 0.336 e. The van der Waals surface area contributed by atoms with E-state index in [2.05, 4.69) is 4.74 Å². The quantitative estimate of drug-likeness (QED) is 0.610. The number of aromatic carboxylic acids is 2. The Balaban J connectivity index is 0.000000399. The Morgan fingerprint density at radius 2 is 1.16 bits per heavy atom. The van der Waals surface area contributed by atoms with E-state index in [9.17, 15) is 19.2 Å². The Morgan fingerprint density at radius 3 is 1.32 bits per heavy atom. The predicted octanol–water partition coefficient (Wildman–Crippen LogP) is 1.18. The highest BCUT2D eigenvalue weighted by Gasteiger charge is 2.13. The van der Waals surface area contributed by atoms with Crippen LogP contribution in [0, 0.1) is 0 Å². The molecule has 1 rings (SSSR count). The maximum absolute atomic E-state index is 10.5. The molecule has 0 aliphatic carbocycles. The summed E-state index contributed by atoms with van der Waals surface area (Å²) in [7, 11) is 0. The second-order valence-electron chi connectivity index (χ2n) is 3.24. The molecule has 1 aromatic rings. The van der Waals surface area contributed by atoms with Crippen molar-refractivity contribution in [2.24, 2.45) is 0 Å². The fraction of sp³-hybridized carbons (Fsp3) is 0.167. The maximum Gasteiger partial charge on any atom is 0.336 e. The number of carboxylic acids is 2. The topological polar surface area (TPSA) is 118 Å². The lowest BCUT2D eigenvalue weighted by Crippen LogP contribution is -2.06. The van der Waals surface area contributed by atoms with Crippen molar-refractivity contribution in [3.05, 3.63) is 35.4 Å². The van der Waals surface area contributed by atoms with E-state index in [4.69, 9.17) is 10.2 Å². The Hall–Kier alpha value is -2.70. The van der Waals surface area contributed by atoms with Crippen LogP contribution in [0.2, 0.25) is 0 Å². The average molecular weight is 268 g/mol. The fourth-order valence-corrected chi connectivity index (χ4v) is 1.06. The highest BCUT2D eigenvalue weighted by Crippen LogP contribution is 2.07. The molecule has 0 saturated carbocycles. The number of esters is 2. The first-order valence-corrected chi connectivity index (χ1v) is 5.00. The minimum absolute atomic E-state index is 0.190. The van der Waals surface area contributed by atoms with Crippen molar-refractivity contribution in [1.82, 2.24) is 0 Å². The van der Waals surface area contributed by atoms with Crippen LogP contribution in [0.25, 0.3) is 0 Å². The zero-order chi connectivity index (χ0) is 15.0. The van der Waals surface area contributed by atoms with Crippen molar-refractivity contribution in [3.8, 4) is 0 Å². The van der Waals surface area contributed by atoms with Gasteiger partial charge in [0.15, 0.2) is 0 Å². The van der Waals surface area contributed by atoms with Gasteiger partial charge in [0.1, 0.15) is 0 Å². The Labute approximate surface area is 108 Å². The van der Waals surface area contributed by atoms with Crippen LogP contribution < -0.4 is 0 Å². The van der Waals surface area contributed by atoms with Crippen LogP contribution in [0.4, 0.5) is 0 Å². The van der Waals surface area contributed by atoms with Crippen LogP contribution in [0.15, 0.2) is 24.3 Å². The molecule has 0 aliphatic rings. The lowest BCUT2D eigenvalue weighted by atomic mass is 10.1. The van der Waals surface area contributed by atoms with Crippen LogP contribution in [0.1, 0.15) is 34.6 Å². The molecule has 0 fully saturated rings. The molecular weight excluding hydrogens is 256 g/mol. The van der Waals surface area contributed by atoms with Crippen LogP contribution in [0.3, 0.4) is 0 Å². The minimum Gasteiger partial charge on any atom is -0.478 e. The third-order valence-corrected chi connectivity index (χ3v) is 1.68. The predicted molar refractivity (Wildman–Crippen MR) is 62.8 cm³/mol. The molecule has 0 aliphatic heterocycles. The highest BCUT2D eigenvalue weighted by atomic mass is 16.6. The molecule has 0 radical (unpaired) electrons. The number of benzene rings is 1. The monoisotopic (exact) mass is 268 g/mol. The molecule has 1 aromatic carbocycles. The summed E-state index contributed by atoms with van der Waals surface area (Å²) in [4.78, 5) is 40.5. The third-order valence-electron chi connectivity index (χ3n) is 1.68. The molecular formula is C12H12O7. The van der Waals surface area contributed by atoms with Crippen molar-refractivity contribution < 1.29 is 34.1 Å². The Kier molecular flexibility index (Phi) is 6.51. The summed E-state index contributed by atoms with van der Waals surface area (Å²) in [6.07, 6.45) is 0. The summed E-state index contributed by atoms with van der Waals surface area (Å²) < 4.78 is 3.97. The van der Waals surface area contributed by atoms with Gasteiger partial charge in [-0.1, -0.05) is 12.1 Å². The van der Waals surface area contributed by atoms with Gasteiger partial charge in [-0.3, -0.25) is 9.59 Å². The number of carbonyl (C=O) groups excluding carboxylic acids is 2. The van der Waals surface area contributed by atoms with Crippen LogP contribution in [0.5, 0.6) is 0 Å². The van der Waals surface area contributed by atoms with E-state index in [1.54, 1.807) is 0 Å². The first-order valence-electron chi connectivity index (χ1n) is 5.00. The van der Waals surface area contributed by atoms with E-state index in [1.165, 1.54) is 38.1 Å². The average Bonchev–Trinajstić information content (AvgIpc) is 2.27. The number of hydrogen-bond donors (Lipinski definition) is 2. The van der Waals surface area contributed by atoms with E-state index < -0.39 is 23.9 Å². The third kappa shape index (κ3) is 6.57. The molecule has 2 N–H and O–H groups in total. The van der Waals surface area contributed by atoms with Crippen LogP contribution >= 0.6 is 0 Å².